The van der Waals surface area contributed by atoms with Crippen LogP contribution >= 0.6 is 0 Å². The Morgan fingerprint density at radius 2 is 1.75 bits per heavy atom. The third-order valence-corrected chi connectivity index (χ3v) is 4.11. The van der Waals surface area contributed by atoms with Crippen LogP contribution in [0, 0.1) is 0 Å². The molecule has 2 aliphatic rings. The normalized spacial score (nSPS) is 21.4. The van der Waals surface area contributed by atoms with Gasteiger partial charge in [0.1, 0.15) is 6.04 Å². The SMILES string of the molecule is CC(=O)N1CCN(C(=O)[C@@H]2Cc3ccccc3N2)CC1. The van der Waals surface area contributed by atoms with Gasteiger partial charge in [0, 0.05) is 45.2 Å². The van der Waals surface area contributed by atoms with Crippen molar-refractivity contribution in [3.05, 3.63) is 29.8 Å². The second kappa shape index (κ2) is 5.15. The van der Waals surface area contributed by atoms with E-state index in [1.807, 2.05) is 23.1 Å². The van der Waals surface area contributed by atoms with Crippen molar-refractivity contribution in [3.63, 3.8) is 0 Å². The lowest BCUT2D eigenvalue weighted by Crippen LogP contribution is -2.53. The molecule has 0 aliphatic carbocycles. The van der Waals surface area contributed by atoms with Crippen molar-refractivity contribution in [3.8, 4) is 0 Å². The Kier molecular flexibility index (Phi) is 3.34. The third kappa shape index (κ3) is 2.35. The molecule has 20 heavy (non-hydrogen) atoms. The average molecular weight is 273 g/mol. The number of rotatable bonds is 1. The number of hydrogen-bond acceptors (Lipinski definition) is 3. The molecule has 1 saturated heterocycles. The van der Waals surface area contributed by atoms with Crippen LogP contribution in [0.1, 0.15) is 12.5 Å². The van der Waals surface area contributed by atoms with Crippen molar-refractivity contribution in [2.75, 3.05) is 31.5 Å². The minimum absolute atomic E-state index is 0.0866. The first-order valence-electron chi connectivity index (χ1n) is 7.04. The highest BCUT2D eigenvalue weighted by Crippen LogP contribution is 2.26. The van der Waals surface area contributed by atoms with Crippen LogP contribution in [0.2, 0.25) is 0 Å². The van der Waals surface area contributed by atoms with Crippen molar-refractivity contribution in [2.24, 2.45) is 0 Å². The van der Waals surface area contributed by atoms with Crippen LogP contribution in [0.3, 0.4) is 0 Å². The molecule has 5 heteroatoms. The van der Waals surface area contributed by atoms with E-state index in [2.05, 4.69) is 11.4 Å². The van der Waals surface area contributed by atoms with Crippen LogP contribution in [0.25, 0.3) is 0 Å². The summed E-state index contributed by atoms with van der Waals surface area (Å²) < 4.78 is 0. The number of para-hydroxylation sites is 1. The Labute approximate surface area is 118 Å². The number of fused-ring (bicyclic) bond motifs is 1. The number of amides is 2. The predicted octanol–water partition coefficient (Wildman–Crippen LogP) is 0.714. The predicted molar refractivity (Wildman–Crippen MR) is 76.4 cm³/mol. The van der Waals surface area contributed by atoms with Gasteiger partial charge in [0.15, 0.2) is 0 Å². The van der Waals surface area contributed by atoms with Crippen molar-refractivity contribution in [1.29, 1.82) is 0 Å². The average Bonchev–Trinajstić information content (AvgIpc) is 2.90. The van der Waals surface area contributed by atoms with Crippen LogP contribution in [-0.4, -0.2) is 53.8 Å². The number of carbonyl (C=O) groups is 2. The maximum absolute atomic E-state index is 12.5. The highest BCUT2D eigenvalue weighted by Gasteiger charge is 2.31. The summed E-state index contributed by atoms with van der Waals surface area (Å²) in [5.74, 6) is 0.230. The molecule has 1 aromatic carbocycles. The Morgan fingerprint density at radius 3 is 2.40 bits per heavy atom. The van der Waals surface area contributed by atoms with E-state index in [1.165, 1.54) is 5.56 Å². The van der Waals surface area contributed by atoms with Crippen LogP contribution in [0.5, 0.6) is 0 Å². The number of anilines is 1. The van der Waals surface area contributed by atoms with E-state index in [-0.39, 0.29) is 17.9 Å². The topological polar surface area (TPSA) is 52.7 Å². The van der Waals surface area contributed by atoms with Crippen molar-refractivity contribution >= 4 is 17.5 Å². The largest absolute Gasteiger partial charge is 0.373 e. The number of nitrogens with one attached hydrogen (secondary N) is 1. The lowest BCUT2D eigenvalue weighted by Gasteiger charge is -2.35. The van der Waals surface area contributed by atoms with E-state index in [4.69, 9.17) is 0 Å². The van der Waals surface area contributed by atoms with E-state index < -0.39 is 0 Å². The first-order chi connectivity index (χ1) is 9.65. The van der Waals surface area contributed by atoms with Crippen LogP contribution in [-0.2, 0) is 16.0 Å². The highest BCUT2D eigenvalue weighted by molar-refractivity contribution is 5.87. The monoisotopic (exact) mass is 273 g/mol. The van der Waals surface area contributed by atoms with Crippen LogP contribution in [0.4, 0.5) is 5.69 Å². The summed E-state index contributed by atoms with van der Waals surface area (Å²) in [5, 5.41) is 3.29. The van der Waals surface area contributed by atoms with Gasteiger partial charge in [-0.05, 0) is 11.6 Å². The van der Waals surface area contributed by atoms with Gasteiger partial charge < -0.3 is 15.1 Å². The first-order valence-corrected chi connectivity index (χ1v) is 7.04. The van der Waals surface area contributed by atoms with Gasteiger partial charge in [-0.15, -0.1) is 0 Å². The summed E-state index contributed by atoms with van der Waals surface area (Å²) in [4.78, 5) is 27.5. The molecule has 1 aromatic rings. The second-order valence-corrected chi connectivity index (χ2v) is 5.39. The third-order valence-electron chi connectivity index (χ3n) is 4.11. The van der Waals surface area contributed by atoms with Gasteiger partial charge in [0.25, 0.3) is 0 Å². The first kappa shape index (κ1) is 13.0. The zero-order chi connectivity index (χ0) is 14.1. The van der Waals surface area contributed by atoms with Crippen LogP contribution in [0.15, 0.2) is 24.3 Å². The fraction of sp³-hybridized carbons (Fsp3) is 0.467. The molecule has 1 N–H and O–H groups in total. The van der Waals surface area contributed by atoms with E-state index in [0.29, 0.717) is 26.2 Å². The lowest BCUT2D eigenvalue weighted by molar-refractivity contribution is -0.138. The lowest BCUT2D eigenvalue weighted by atomic mass is 10.1. The number of benzene rings is 1. The Balaban J connectivity index is 1.60. The van der Waals surface area contributed by atoms with E-state index in [9.17, 15) is 9.59 Å². The molecule has 0 unspecified atom stereocenters. The second-order valence-electron chi connectivity index (χ2n) is 5.39. The van der Waals surface area contributed by atoms with E-state index in [0.717, 1.165) is 12.1 Å². The van der Waals surface area contributed by atoms with Gasteiger partial charge in [0.05, 0.1) is 0 Å². The molecule has 3 rings (SSSR count). The molecule has 0 radical (unpaired) electrons. The molecule has 2 heterocycles. The van der Waals surface area contributed by atoms with Gasteiger partial charge in [-0.1, -0.05) is 18.2 Å². The molecule has 0 saturated carbocycles. The molecular weight excluding hydrogens is 254 g/mol. The summed E-state index contributed by atoms with van der Waals surface area (Å²) in [6.45, 7) is 4.12. The molecule has 1 fully saturated rings. The number of hydrogen-bond donors (Lipinski definition) is 1. The van der Waals surface area contributed by atoms with Crippen molar-refractivity contribution in [2.45, 2.75) is 19.4 Å². The highest BCUT2D eigenvalue weighted by atomic mass is 16.2. The number of carbonyl (C=O) groups excluding carboxylic acids is 2. The molecule has 2 amide bonds. The molecule has 1 atom stereocenters. The standard InChI is InChI=1S/C15H19N3O2/c1-11(19)17-6-8-18(9-7-17)15(20)14-10-12-4-2-3-5-13(12)16-14/h2-5,14,16H,6-10H2,1H3/t14-/m0/s1. The smallest absolute Gasteiger partial charge is 0.245 e. The zero-order valence-corrected chi connectivity index (χ0v) is 11.6. The van der Waals surface area contributed by atoms with Crippen LogP contribution < -0.4 is 5.32 Å². The maximum Gasteiger partial charge on any atom is 0.245 e. The van der Waals surface area contributed by atoms with Gasteiger partial charge >= 0.3 is 0 Å². The van der Waals surface area contributed by atoms with E-state index >= 15 is 0 Å². The minimum Gasteiger partial charge on any atom is -0.373 e. The summed E-state index contributed by atoms with van der Waals surface area (Å²) in [6, 6.07) is 7.89. The maximum atomic E-state index is 12.5. The van der Waals surface area contributed by atoms with Crippen molar-refractivity contribution < 1.29 is 9.59 Å². The Bertz CT molecular complexity index is 511. The molecular formula is C15H19N3O2. The van der Waals surface area contributed by atoms with E-state index in [1.54, 1.807) is 11.8 Å². The quantitative estimate of drug-likeness (QED) is 0.820. The molecule has 0 spiro atoms. The molecule has 106 valence electrons. The molecule has 2 aliphatic heterocycles. The van der Waals surface area contributed by atoms with Gasteiger partial charge in [-0.2, -0.15) is 0 Å². The summed E-state index contributed by atoms with van der Waals surface area (Å²) >= 11 is 0. The summed E-state index contributed by atoms with van der Waals surface area (Å²) in [7, 11) is 0. The summed E-state index contributed by atoms with van der Waals surface area (Å²) in [5.41, 5.74) is 2.27. The Hall–Kier alpha value is -2.04. The summed E-state index contributed by atoms with van der Waals surface area (Å²) in [6.07, 6.45) is 0.752. The van der Waals surface area contributed by atoms with Gasteiger partial charge in [-0.3, -0.25) is 9.59 Å². The molecule has 5 nitrogen and oxygen atoms in total. The fourth-order valence-electron chi connectivity index (χ4n) is 2.91. The minimum atomic E-state index is -0.156. The van der Waals surface area contributed by atoms with Gasteiger partial charge in [-0.25, -0.2) is 0 Å². The zero-order valence-electron chi connectivity index (χ0n) is 11.6. The van der Waals surface area contributed by atoms with Crippen molar-refractivity contribution in [1.82, 2.24) is 9.80 Å². The fourth-order valence-corrected chi connectivity index (χ4v) is 2.91. The number of nitrogens with zero attached hydrogens (tertiary/aromatic N) is 2. The molecule has 0 aromatic heterocycles. The molecule has 0 bridgehead atoms. The Morgan fingerprint density at radius 1 is 1.10 bits per heavy atom. The number of piperazine rings is 1. The van der Waals surface area contributed by atoms with Gasteiger partial charge in [0.2, 0.25) is 11.8 Å².